The highest BCUT2D eigenvalue weighted by molar-refractivity contribution is 6.35. The number of imide groups is 1. The molecule has 168 valence electrons. The molecule has 6 heteroatoms. The third-order valence-electron chi connectivity index (χ3n) is 5.89. The average molecular weight is 437 g/mol. The van der Waals surface area contributed by atoms with Crippen molar-refractivity contribution in [1.29, 1.82) is 0 Å². The van der Waals surface area contributed by atoms with Crippen LogP contribution in [0, 0.1) is 11.7 Å². The maximum atomic E-state index is 13.5. The van der Waals surface area contributed by atoms with Crippen LogP contribution in [0.1, 0.15) is 44.7 Å². The number of likely N-dealkylation sites (tertiary alicyclic amines) is 1. The van der Waals surface area contributed by atoms with Crippen molar-refractivity contribution >= 4 is 17.4 Å². The first kappa shape index (κ1) is 22.1. The molecular weight excluding hydrogens is 407 g/mol. The van der Waals surface area contributed by atoms with Crippen LogP contribution < -0.4 is 4.74 Å². The molecule has 0 aromatic heterocycles. The van der Waals surface area contributed by atoms with E-state index in [1.807, 2.05) is 38.1 Å². The highest BCUT2D eigenvalue weighted by atomic mass is 19.1. The Hall–Kier alpha value is -3.15. The first-order chi connectivity index (χ1) is 15.3. The summed E-state index contributed by atoms with van der Waals surface area (Å²) >= 11 is 0. The van der Waals surface area contributed by atoms with E-state index in [2.05, 4.69) is 11.8 Å². The molecule has 0 bridgehead atoms. The molecule has 4 rings (SSSR count). The van der Waals surface area contributed by atoms with Crippen LogP contribution in [0.3, 0.4) is 0 Å². The van der Waals surface area contributed by atoms with Gasteiger partial charge in [0, 0.05) is 13.1 Å². The summed E-state index contributed by atoms with van der Waals surface area (Å²) in [5.41, 5.74) is 2.32. The Labute approximate surface area is 188 Å². The van der Waals surface area contributed by atoms with E-state index in [0.717, 1.165) is 31.7 Å². The molecule has 32 heavy (non-hydrogen) atoms. The molecule has 0 aliphatic carbocycles. The summed E-state index contributed by atoms with van der Waals surface area (Å²) in [4.78, 5) is 30.3. The predicted octanol–water partition coefficient (Wildman–Crippen LogP) is 4.62. The lowest BCUT2D eigenvalue weighted by atomic mass is 9.97. The van der Waals surface area contributed by atoms with Gasteiger partial charge in [0.2, 0.25) is 0 Å². The molecule has 2 amide bonds. The van der Waals surface area contributed by atoms with E-state index in [4.69, 9.17) is 4.74 Å². The number of rotatable bonds is 6. The van der Waals surface area contributed by atoms with Gasteiger partial charge >= 0.3 is 0 Å². The summed E-state index contributed by atoms with van der Waals surface area (Å²) in [5, 5.41) is 0. The van der Waals surface area contributed by atoms with Crippen molar-refractivity contribution in [3.63, 3.8) is 0 Å². The maximum Gasteiger partial charge on any atom is 0.278 e. The van der Waals surface area contributed by atoms with E-state index >= 15 is 0 Å². The van der Waals surface area contributed by atoms with E-state index in [-0.39, 0.29) is 30.3 Å². The van der Waals surface area contributed by atoms with Gasteiger partial charge in [0.15, 0.2) is 0 Å². The highest BCUT2D eigenvalue weighted by Gasteiger charge is 2.42. The van der Waals surface area contributed by atoms with Crippen molar-refractivity contribution in [2.45, 2.75) is 46.3 Å². The first-order valence-corrected chi connectivity index (χ1v) is 11.2. The van der Waals surface area contributed by atoms with Crippen molar-refractivity contribution in [1.82, 2.24) is 9.80 Å². The number of piperidine rings is 1. The fourth-order valence-corrected chi connectivity index (χ4v) is 4.40. The van der Waals surface area contributed by atoms with E-state index < -0.39 is 0 Å². The van der Waals surface area contributed by atoms with E-state index in [9.17, 15) is 14.0 Å². The number of hydrogen-bond donors (Lipinski definition) is 0. The molecule has 1 atom stereocenters. The van der Waals surface area contributed by atoms with Crippen LogP contribution in [0.4, 0.5) is 4.39 Å². The van der Waals surface area contributed by atoms with Crippen LogP contribution in [-0.4, -0.2) is 40.8 Å². The molecule has 2 aliphatic heterocycles. The first-order valence-electron chi connectivity index (χ1n) is 11.2. The molecule has 2 aromatic carbocycles. The van der Waals surface area contributed by atoms with Gasteiger partial charge in [-0.25, -0.2) is 4.39 Å². The van der Waals surface area contributed by atoms with Gasteiger partial charge in [-0.05, 0) is 68.0 Å². The topological polar surface area (TPSA) is 49.9 Å². The van der Waals surface area contributed by atoms with Gasteiger partial charge in [-0.1, -0.05) is 31.2 Å². The van der Waals surface area contributed by atoms with E-state index in [1.54, 1.807) is 12.1 Å². The molecule has 5 nitrogen and oxygen atoms in total. The molecule has 2 aliphatic rings. The summed E-state index contributed by atoms with van der Waals surface area (Å²) in [6, 6.07) is 13.2. The Bertz CT molecular complexity index is 1030. The number of ether oxygens (including phenoxy) is 1. The molecule has 2 heterocycles. The molecule has 0 saturated carbocycles. The fourth-order valence-electron chi connectivity index (χ4n) is 4.40. The molecular formula is C26H29FN2O3. The zero-order chi connectivity index (χ0) is 22.8. The zero-order valence-corrected chi connectivity index (χ0v) is 18.8. The third-order valence-corrected chi connectivity index (χ3v) is 5.89. The van der Waals surface area contributed by atoms with E-state index in [1.165, 1.54) is 17.0 Å². The minimum Gasteiger partial charge on any atom is -0.491 e. The van der Waals surface area contributed by atoms with Gasteiger partial charge in [-0.3, -0.25) is 14.5 Å². The van der Waals surface area contributed by atoms with Crippen LogP contribution in [0.15, 0.2) is 54.2 Å². The second kappa shape index (κ2) is 9.15. The van der Waals surface area contributed by atoms with Gasteiger partial charge in [-0.15, -0.1) is 0 Å². The summed E-state index contributed by atoms with van der Waals surface area (Å²) in [6.07, 6.45) is 2.15. The van der Waals surface area contributed by atoms with Crippen LogP contribution in [0.25, 0.3) is 5.57 Å². The van der Waals surface area contributed by atoms with Crippen molar-refractivity contribution in [2.24, 2.45) is 5.92 Å². The smallest absolute Gasteiger partial charge is 0.278 e. The number of benzene rings is 2. The third kappa shape index (κ3) is 4.54. The average Bonchev–Trinajstić information content (AvgIpc) is 3.00. The fraction of sp³-hybridized carbons (Fsp3) is 0.385. The molecule has 0 spiro atoms. The number of carbonyl (C=O) groups is 2. The molecule has 0 N–H and O–H groups in total. The van der Waals surface area contributed by atoms with Crippen LogP contribution in [0.2, 0.25) is 0 Å². The lowest BCUT2D eigenvalue weighted by Gasteiger charge is -2.33. The Balaban J connectivity index is 1.70. The van der Waals surface area contributed by atoms with Crippen LogP contribution >= 0.6 is 0 Å². The van der Waals surface area contributed by atoms with Crippen LogP contribution in [-0.2, 0) is 16.1 Å². The molecule has 1 fully saturated rings. The SMILES string of the molecule is CC1CCCN(C2=C(c3ccc(OC(C)C)cc3)C(=O)N(Cc3ccc(F)cc3)C2=O)C1. The van der Waals surface area contributed by atoms with Gasteiger partial charge in [0.1, 0.15) is 17.3 Å². The monoisotopic (exact) mass is 436 g/mol. The Morgan fingerprint density at radius 2 is 1.72 bits per heavy atom. The van der Waals surface area contributed by atoms with Crippen molar-refractivity contribution in [2.75, 3.05) is 13.1 Å². The number of halogens is 1. The number of hydrogen-bond acceptors (Lipinski definition) is 4. The van der Waals surface area contributed by atoms with Gasteiger partial charge < -0.3 is 9.64 Å². The normalized spacial score (nSPS) is 19.3. The molecule has 0 radical (unpaired) electrons. The zero-order valence-electron chi connectivity index (χ0n) is 18.8. The molecule has 2 aromatic rings. The second-order valence-electron chi connectivity index (χ2n) is 8.93. The summed E-state index contributed by atoms with van der Waals surface area (Å²) in [7, 11) is 0. The largest absolute Gasteiger partial charge is 0.491 e. The minimum absolute atomic E-state index is 0.0476. The minimum atomic E-state index is -0.349. The predicted molar refractivity (Wildman–Crippen MR) is 121 cm³/mol. The van der Waals surface area contributed by atoms with Gasteiger partial charge in [-0.2, -0.15) is 0 Å². The Morgan fingerprint density at radius 3 is 2.34 bits per heavy atom. The quantitative estimate of drug-likeness (QED) is 0.620. The van der Waals surface area contributed by atoms with Gasteiger partial charge in [0.05, 0.1) is 18.2 Å². The molecule has 1 saturated heterocycles. The second-order valence-corrected chi connectivity index (χ2v) is 8.93. The summed E-state index contributed by atoms with van der Waals surface area (Å²) in [6.45, 7) is 7.69. The van der Waals surface area contributed by atoms with E-state index in [0.29, 0.717) is 28.3 Å². The molecule has 1 unspecified atom stereocenters. The lowest BCUT2D eigenvalue weighted by molar-refractivity contribution is -0.138. The summed E-state index contributed by atoms with van der Waals surface area (Å²) < 4.78 is 19.0. The van der Waals surface area contributed by atoms with Crippen molar-refractivity contribution in [3.8, 4) is 5.75 Å². The van der Waals surface area contributed by atoms with Gasteiger partial charge in [0.25, 0.3) is 11.8 Å². The Morgan fingerprint density at radius 1 is 1.03 bits per heavy atom. The Kier molecular flexibility index (Phi) is 6.31. The van der Waals surface area contributed by atoms with Crippen LogP contribution in [0.5, 0.6) is 5.75 Å². The van der Waals surface area contributed by atoms with Crippen molar-refractivity contribution < 1.29 is 18.7 Å². The summed E-state index contributed by atoms with van der Waals surface area (Å²) in [5.74, 6) is 0.222. The lowest BCUT2D eigenvalue weighted by Crippen LogP contribution is -2.39. The number of nitrogens with zero attached hydrogens (tertiary/aromatic N) is 2. The standard InChI is InChI=1S/C26H29FN2O3/c1-17(2)32-22-12-8-20(9-13-22)23-24(28-14-4-5-18(3)15-28)26(31)29(25(23)30)16-19-6-10-21(27)11-7-19/h6-13,17-18H,4-5,14-16H2,1-3H3. The maximum absolute atomic E-state index is 13.5. The van der Waals surface area contributed by atoms with Crippen molar-refractivity contribution in [3.05, 3.63) is 71.2 Å². The highest BCUT2D eigenvalue weighted by Crippen LogP contribution is 2.35. The number of amides is 2. The number of carbonyl (C=O) groups excluding carboxylic acids is 2.